The Morgan fingerprint density at radius 2 is 1.13 bits per heavy atom. The number of rotatable bonds is 11. The fraction of sp³-hybridized carbons (Fsp3) is 0.255. The summed E-state index contributed by atoms with van der Waals surface area (Å²) in [4.78, 5) is 63.9. The molecule has 0 amide bonds. The first-order valence-corrected chi connectivity index (χ1v) is 20.3. The van der Waals surface area contributed by atoms with Crippen molar-refractivity contribution in [2.24, 2.45) is 0 Å². The van der Waals surface area contributed by atoms with Gasteiger partial charge in [-0.1, -0.05) is 115 Å². The molecule has 5 aromatic rings. The van der Waals surface area contributed by atoms with Crippen molar-refractivity contribution in [1.29, 1.82) is 0 Å². The molecule has 5 aromatic carbocycles. The van der Waals surface area contributed by atoms with E-state index in [1.165, 1.54) is 31.2 Å². The van der Waals surface area contributed by atoms with Crippen molar-refractivity contribution in [2.45, 2.75) is 66.4 Å². The molecule has 1 unspecified atom stereocenters. The van der Waals surface area contributed by atoms with Crippen LogP contribution in [0.3, 0.4) is 0 Å². The molecule has 2 N–H and O–H groups in total. The highest BCUT2D eigenvalue weighted by molar-refractivity contribution is 5.96. The van der Waals surface area contributed by atoms with Gasteiger partial charge < -0.3 is 34.0 Å². The van der Waals surface area contributed by atoms with Gasteiger partial charge in [0.15, 0.2) is 5.78 Å². The standard InChI is InChI=1S/C11H12O2.C10H12O2.C9H10O3.C8H8O2.C8H8O.C5H8O2/c1-2-13-11(12)9-8-10-6-4-3-5-7-10;1-2-12-10(11)8-9-6-4-3-5-7-9;1-2-12-9(11)7-5-3-4-6-8(7)10;1-6(9)7-4-2-3-5-8(7)10;9-7-6-8-4-2-1-3-5-8;1-4-2-3-5(6)7-4/h3-9H,2H2,1H3;3-7H,2,8H2,1H3;3-6,10H,2H2,1H3;2-5,10H,1H3;1-5,7H,6H2;4H,2-3H2,1H3. The van der Waals surface area contributed by atoms with Crippen molar-refractivity contribution < 1.29 is 57.9 Å². The number of ketones is 1. The highest BCUT2D eigenvalue weighted by Crippen LogP contribution is 2.17. The molecule has 0 aromatic heterocycles. The van der Waals surface area contributed by atoms with E-state index >= 15 is 0 Å². The molecule has 0 saturated carbocycles. The number of benzene rings is 5. The van der Waals surface area contributed by atoms with E-state index in [-0.39, 0.29) is 46.9 Å². The van der Waals surface area contributed by atoms with E-state index in [4.69, 9.17) is 24.1 Å². The van der Waals surface area contributed by atoms with Gasteiger partial charge in [-0.25, -0.2) is 9.59 Å². The lowest BCUT2D eigenvalue weighted by Crippen LogP contribution is -2.06. The molecule has 1 saturated heterocycles. The van der Waals surface area contributed by atoms with Crippen molar-refractivity contribution in [3.8, 4) is 11.5 Å². The third-order valence-corrected chi connectivity index (χ3v) is 7.93. The van der Waals surface area contributed by atoms with Crippen LogP contribution in [0.4, 0.5) is 0 Å². The number of aromatic hydroxyl groups is 2. The molecule has 1 heterocycles. The molecule has 63 heavy (non-hydrogen) atoms. The number of phenolic OH excluding ortho intramolecular Hbond substituents is 2. The van der Waals surface area contributed by atoms with Gasteiger partial charge in [0.1, 0.15) is 23.3 Å². The van der Waals surface area contributed by atoms with Crippen LogP contribution in [-0.4, -0.2) is 72.1 Å². The van der Waals surface area contributed by atoms with Gasteiger partial charge in [0.05, 0.1) is 37.9 Å². The smallest absolute Gasteiger partial charge is 0.341 e. The Morgan fingerprint density at radius 3 is 1.54 bits per heavy atom. The molecule has 1 aliphatic heterocycles. The van der Waals surface area contributed by atoms with Gasteiger partial charge in [0.2, 0.25) is 0 Å². The number of para-hydroxylation sites is 2. The number of cyclic esters (lactones) is 1. The Bertz CT molecular complexity index is 2100. The topological polar surface area (TPSA) is 180 Å². The summed E-state index contributed by atoms with van der Waals surface area (Å²) in [5.74, 6) is -1.11. The van der Waals surface area contributed by atoms with Crippen molar-refractivity contribution in [3.05, 3.63) is 173 Å². The van der Waals surface area contributed by atoms with E-state index in [1.54, 1.807) is 50.3 Å². The Balaban J connectivity index is 0.000000381. The average molecular weight is 863 g/mol. The minimum atomic E-state index is -0.490. The second-order valence-corrected chi connectivity index (χ2v) is 13.0. The molecule has 12 nitrogen and oxygen atoms in total. The highest BCUT2D eigenvalue weighted by atomic mass is 16.6. The predicted molar refractivity (Wildman–Crippen MR) is 242 cm³/mol. The molecule has 1 fully saturated rings. The predicted octanol–water partition coefficient (Wildman–Crippen LogP) is 9.36. The number of esters is 4. The van der Waals surface area contributed by atoms with Gasteiger partial charge in [0, 0.05) is 18.9 Å². The van der Waals surface area contributed by atoms with Crippen LogP contribution in [0.1, 0.15) is 84.9 Å². The minimum Gasteiger partial charge on any atom is -0.507 e. The van der Waals surface area contributed by atoms with Crippen LogP contribution in [0.15, 0.2) is 146 Å². The summed E-state index contributed by atoms with van der Waals surface area (Å²) in [6, 6.07) is 41.7. The lowest BCUT2D eigenvalue weighted by Gasteiger charge is -2.02. The number of Topliss-reactive ketones (excluding diaryl/α,β-unsaturated/α-hetero) is 1. The molecule has 0 radical (unpaired) electrons. The Labute approximate surface area is 370 Å². The number of phenols is 2. The van der Waals surface area contributed by atoms with Crippen LogP contribution in [0.5, 0.6) is 11.5 Å². The van der Waals surface area contributed by atoms with Crippen LogP contribution < -0.4 is 0 Å². The Kier molecular flexibility index (Phi) is 28.4. The van der Waals surface area contributed by atoms with Gasteiger partial charge in [-0.3, -0.25) is 14.4 Å². The van der Waals surface area contributed by atoms with Gasteiger partial charge >= 0.3 is 23.9 Å². The zero-order chi connectivity index (χ0) is 46.7. The van der Waals surface area contributed by atoms with E-state index in [0.29, 0.717) is 44.6 Å². The first kappa shape index (κ1) is 53.7. The molecule has 1 aliphatic rings. The monoisotopic (exact) mass is 862 g/mol. The number of aldehydes is 1. The van der Waals surface area contributed by atoms with Gasteiger partial charge in [0.25, 0.3) is 0 Å². The van der Waals surface area contributed by atoms with Crippen LogP contribution in [-0.2, 0) is 51.0 Å². The molecule has 6 rings (SSSR count). The molecule has 0 bridgehead atoms. The summed E-state index contributed by atoms with van der Waals surface area (Å²) in [5, 5.41) is 18.3. The maximum atomic E-state index is 11.1. The number of hydrogen-bond acceptors (Lipinski definition) is 12. The summed E-state index contributed by atoms with van der Waals surface area (Å²) < 4.78 is 19.0. The third-order valence-electron chi connectivity index (χ3n) is 7.93. The zero-order valence-electron chi connectivity index (χ0n) is 36.5. The fourth-order valence-electron chi connectivity index (χ4n) is 4.89. The first-order chi connectivity index (χ1) is 30.3. The first-order valence-electron chi connectivity index (χ1n) is 20.3. The lowest BCUT2D eigenvalue weighted by molar-refractivity contribution is -0.142. The number of ether oxygens (including phenoxy) is 4. The van der Waals surface area contributed by atoms with Gasteiger partial charge in [-0.05, 0) is 88.1 Å². The van der Waals surface area contributed by atoms with Gasteiger partial charge in [-0.15, -0.1) is 0 Å². The van der Waals surface area contributed by atoms with E-state index in [2.05, 4.69) is 0 Å². The fourth-order valence-corrected chi connectivity index (χ4v) is 4.89. The SMILES string of the molecule is CC(=O)c1ccccc1O.CC1CCC(=O)O1.CCOC(=O)C=Cc1ccccc1.CCOC(=O)Cc1ccccc1.CCOC(=O)c1ccccc1O.O=CCc1ccccc1. The summed E-state index contributed by atoms with van der Waals surface area (Å²) >= 11 is 0. The zero-order valence-corrected chi connectivity index (χ0v) is 36.5. The highest BCUT2D eigenvalue weighted by Gasteiger charge is 2.17. The summed E-state index contributed by atoms with van der Waals surface area (Å²) in [6.45, 7) is 9.83. The summed E-state index contributed by atoms with van der Waals surface area (Å²) in [5.41, 5.74) is 3.65. The minimum absolute atomic E-state index is 0.0454. The summed E-state index contributed by atoms with van der Waals surface area (Å²) in [6.07, 6.45) is 6.66. The van der Waals surface area contributed by atoms with Crippen molar-refractivity contribution in [2.75, 3.05) is 19.8 Å². The lowest BCUT2D eigenvalue weighted by atomic mass is 10.1. The maximum absolute atomic E-state index is 11.1. The third kappa shape index (κ3) is 25.8. The van der Waals surface area contributed by atoms with E-state index in [9.17, 15) is 33.9 Å². The Morgan fingerprint density at radius 1 is 0.651 bits per heavy atom. The molecule has 0 aliphatic carbocycles. The van der Waals surface area contributed by atoms with Gasteiger partial charge in [-0.2, -0.15) is 0 Å². The van der Waals surface area contributed by atoms with Crippen LogP contribution in [0.25, 0.3) is 6.08 Å². The molecular weight excluding hydrogens is 805 g/mol. The number of carbonyl (C=O) groups excluding carboxylic acids is 6. The Hall–Kier alpha value is -7.34. The van der Waals surface area contributed by atoms with E-state index in [0.717, 1.165) is 29.4 Å². The van der Waals surface area contributed by atoms with Crippen LogP contribution in [0.2, 0.25) is 0 Å². The van der Waals surface area contributed by atoms with Crippen LogP contribution in [0, 0.1) is 0 Å². The number of carbonyl (C=O) groups is 6. The second-order valence-electron chi connectivity index (χ2n) is 13.0. The quantitative estimate of drug-likeness (QED) is 0.0423. The molecule has 0 spiro atoms. The van der Waals surface area contributed by atoms with E-state index in [1.807, 2.05) is 105 Å². The summed E-state index contributed by atoms with van der Waals surface area (Å²) in [7, 11) is 0. The van der Waals surface area contributed by atoms with Crippen LogP contribution >= 0.6 is 0 Å². The maximum Gasteiger partial charge on any atom is 0.341 e. The molecule has 1 atom stereocenters. The van der Waals surface area contributed by atoms with Crippen molar-refractivity contribution in [1.82, 2.24) is 0 Å². The molecule has 12 heteroatoms. The van der Waals surface area contributed by atoms with Crippen molar-refractivity contribution in [3.63, 3.8) is 0 Å². The molecular formula is C51H58O12. The largest absolute Gasteiger partial charge is 0.507 e. The van der Waals surface area contributed by atoms with E-state index < -0.39 is 5.97 Å². The van der Waals surface area contributed by atoms with Crippen molar-refractivity contribution >= 4 is 42.0 Å². The normalized spacial score (nSPS) is 11.8. The molecule has 334 valence electrons. The number of hydrogen-bond donors (Lipinski definition) is 2. The second kappa shape index (κ2) is 33.4. The average Bonchev–Trinajstić information content (AvgIpc) is 3.67.